The highest BCUT2D eigenvalue weighted by molar-refractivity contribution is 7.81. The monoisotopic (exact) mass is 371 g/mol. The second-order valence-corrected chi connectivity index (χ2v) is 5.75. The van der Waals surface area contributed by atoms with Gasteiger partial charge in [-0.05, 0) is 30.0 Å². The third-order valence-electron chi connectivity index (χ3n) is 3.36. The van der Waals surface area contributed by atoms with Crippen molar-refractivity contribution in [2.24, 2.45) is 5.73 Å². The van der Waals surface area contributed by atoms with E-state index in [1.165, 1.54) is 36.7 Å². The van der Waals surface area contributed by atoms with E-state index in [1.54, 1.807) is 23.0 Å². The van der Waals surface area contributed by atoms with Gasteiger partial charge in [0.25, 0.3) is 5.91 Å². The Morgan fingerprint density at radius 3 is 3.04 bits per heavy atom. The molecule has 0 saturated heterocycles. The van der Waals surface area contributed by atoms with Gasteiger partial charge in [0.15, 0.2) is 11.5 Å². The Bertz CT molecular complexity index is 979. The molecule has 0 saturated carbocycles. The second kappa shape index (κ2) is 7.70. The molecule has 0 unspecified atom stereocenters. The second-order valence-electron chi connectivity index (χ2n) is 5.31. The van der Waals surface area contributed by atoms with Gasteiger partial charge in [0.1, 0.15) is 5.82 Å². The van der Waals surface area contributed by atoms with Crippen LogP contribution in [0.15, 0.2) is 59.5 Å². The molecule has 0 aliphatic heterocycles. The van der Waals surface area contributed by atoms with Gasteiger partial charge in [0, 0.05) is 12.3 Å². The van der Waals surface area contributed by atoms with Crippen molar-refractivity contribution in [2.45, 2.75) is 6.54 Å². The molecule has 0 radical (unpaired) electrons. The first kappa shape index (κ1) is 17.5. The highest BCUT2D eigenvalue weighted by atomic mass is 32.1. The van der Waals surface area contributed by atoms with Gasteiger partial charge in [0.05, 0.1) is 23.3 Å². The summed E-state index contributed by atoms with van der Waals surface area (Å²) in [6, 6.07) is 7.64. The predicted molar refractivity (Wildman–Crippen MR) is 97.2 cm³/mol. The van der Waals surface area contributed by atoms with Crippen LogP contribution in [0.25, 0.3) is 0 Å². The Labute approximate surface area is 153 Å². The molecule has 2 aromatic heterocycles. The number of hydrogen-bond donors (Lipinski definition) is 2. The van der Waals surface area contributed by atoms with Gasteiger partial charge >= 0.3 is 0 Å². The lowest BCUT2D eigenvalue weighted by atomic mass is 10.2. The van der Waals surface area contributed by atoms with Gasteiger partial charge in [-0.1, -0.05) is 29.5 Å². The first-order valence-electron chi connectivity index (χ1n) is 7.53. The molecule has 0 fully saturated rings. The molecular weight excluding hydrogens is 357 g/mol. The summed E-state index contributed by atoms with van der Waals surface area (Å²) in [5.41, 5.74) is 6.57. The molecule has 0 aliphatic carbocycles. The number of anilines is 1. The summed E-state index contributed by atoms with van der Waals surface area (Å²) in [4.78, 5) is 12.5. The van der Waals surface area contributed by atoms with Crippen LogP contribution in [0, 0.1) is 5.82 Å². The summed E-state index contributed by atoms with van der Waals surface area (Å²) in [6.45, 7) is 0.376. The van der Waals surface area contributed by atoms with E-state index < -0.39 is 5.91 Å². The molecule has 1 amide bonds. The van der Waals surface area contributed by atoms with Crippen LogP contribution in [0.2, 0.25) is 0 Å². The SMILES string of the molecule is NC=CC(=S)c1cc(C(=O)Nc2cnn(Cc3cccc(F)c3)c2)no1. The highest BCUT2D eigenvalue weighted by Gasteiger charge is 2.15. The number of aromatic nitrogens is 3. The van der Waals surface area contributed by atoms with Gasteiger partial charge in [-0.25, -0.2) is 4.39 Å². The average molecular weight is 371 g/mol. The maximum absolute atomic E-state index is 13.2. The molecule has 9 heteroatoms. The standard InChI is InChI=1S/C17H14FN5O2S/c18-12-3-1-2-11(6-12)9-23-10-13(8-20-23)21-17(24)14-7-15(25-22-14)16(26)4-5-19/h1-8,10H,9,19H2,(H,21,24). The quantitative estimate of drug-likeness (QED) is 0.392. The van der Waals surface area contributed by atoms with Crippen LogP contribution in [-0.2, 0) is 6.54 Å². The minimum absolute atomic E-state index is 0.0747. The first-order valence-corrected chi connectivity index (χ1v) is 7.93. The molecule has 0 aliphatic rings. The van der Waals surface area contributed by atoms with Crippen LogP contribution in [0.3, 0.4) is 0 Å². The van der Waals surface area contributed by atoms with Crippen molar-refractivity contribution >= 4 is 28.7 Å². The van der Waals surface area contributed by atoms with E-state index in [-0.39, 0.29) is 17.3 Å². The normalized spacial score (nSPS) is 11.0. The van der Waals surface area contributed by atoms with E-state index in [2.05, 4.69) is 15.6 Å². The maximum atomic E-state index is 13.2. The van der Waals surface area contributed by atoms with E-state index in [9.17, 15) is 9.18 Å². The number of nitrogens with zero attached hydrogens (tertiary/aromatic N) is 3. The molecule has 1 aromatic carbocycles. The number of carbonyl (C=O) groups is 1. The lowest BCUT2D eigenvalue weighted by molar-refractivity contribution is 0.101. The molecule has 26 heavy (non-hydrogen) atoms. The maximum Gasteiger partial charge on any atom is 0.277 e. The molecular formula is C17H14FN5O2S. The van der Waals surface area contributed by atoms with Gasteiger partial charge in [-0.15, -0.1) is 0 Å². The zero-order valence-corrected chi connectivity index (χ0v) is 14.2. The fourth-order valence-electron chi connectivity index (χ4n) is 2.20. The Hall–Kier alpha value is -3.33. The third-order valence-corrected chi connectivity index (χ3v) is 3.70. The smallest absolute Gasteiger partial charge is 0.277 e. The van der Waals surface area contributed by atoms with Crippen molar-refractivity contribution in [3.8, 4) is 0 Å². The lowest BCUT2D eigenvalue weighted by Crippen LogP contribution is -2.11. The number of nitrogens with one attached hydrogen (secondary N) is 1. The van der Waals surface area contributed by atoms with E-state index in [0.717, 1.165) is 5.56 Å². The number of halogens is 1. The molecule has 7 nitrogen and oxygen atoms in total. The Morgan fingerprint density at radius 2 is 2.27 bits per heavy atom. The predicted octanol–water partition coefficient (Wildman–Crippen LogP) is 2.50. The minimum atomic E-state index is -0.468. The fraction of sp³-hybridized carbons (Fsp3) is 0.0588. The molecule has 3 aromatic rings. The van der Waals surface area contributed by atoms with Gasteiger partial charge in [-0.2, -0.15) is 5.10 Å². The molecule has 3 N–H and O–H groups in total. The molecule has 3 rings (SSSR count). The molecule has 132 valence electrons. The Kier molecular flexibility index (Phi) is 5.18. The van der Waals surface area contributed by atoms with Crippen molar-refractivity contribution in [3.63, 3.8) is 0 Å². The number of allylic oxidation sites excluding steroid dienone is 1. The van der Waals surface area contributed by atoms with Crippen LogP contribution in [0.1, 0.15) is 21.8 Å². The number of amides is 1. The van der Waals surface area contributed by atoms with Crippen LogP contribution >= 0.6 is 12.2 Å². The van der Waals surface area contributed by atoms with Crippen LogP contribution in [0.4, 0.5) is 10.1 Å². The fourth-order valence-corrected chi connectivity index (χ4v) is 2.37. The van der Waals surface area contributed by atoms with E-state index in [1.807, 2.05) is 0 Å². The highest BCUT2D eigenvalue weighted by Crippen LogP contribution is 2.12. The lowest BCUT2D eigenvalue weighted by Gasteiger charge is -2.01. The zero-order chi connectivity index (χ0) is 18.5. The topological polar surface area (TPSA) is 99.0 Å². The van der Waals surface area contributed by atoms with E-state index in [0.29, 0.717) is 17.1 Å². The van der Waals surface area contributed by atoms with Crippen LogP contribution < -0.4 is 11.1 Å². The number of carbonyl (C=O) groups excluding carboxylic acids is 1. The zero-order valence-electron chi connectivity index (χ0n) is 13.4. The van der Waals surface area contributed by atoms with Crippen molar-refractivity contribution in [2.75, 3.05) is 5.32 Å². The summed E-state index contributed by atoms with van der Waals surface area (Å²) in [5.74, 6) is -0.508. The Balaban J connectivity index is 1.65. The summed E-state index contributed by atoms with van der Waals surface area (Å²) in [6.07, 6.45) is 5.86. The van der Waals surface area contributed by atoms with Crippen molar-refractivity contribution in [1.29, 1.82) is 0 Å². The van der Waals surface area contributed by atoms with Gasteiger partial charge in [0.2, 0.25) is 0 Å². The summed E-state index contributed by atoms with van der Waals surface area (Å²) >= 11 is 5.05. The number of hydrogen-bond acceptors (Lipinski definition) is 6. The van der Waals surface area contributed by atoms with Gasteiger partial charge in [-0.3, -0.25) is 9.48 Å². The Morgan fingerprint density at radius 1 is 1.42 bits per heavy atom. The largest absolute Gasteiger partial charge is 0.405 e. The van der Waals surface area contributed by atoms with Crippen LogP contribution in [-0.4, -0.2) is 25.7 Å². The van der Waals surface area contributed by atoms with Crippen molar-refractivity contribution in [3.05, 3.63) is 77.8 Å². The van der Waals surface area contributed by atoms with Gasteiger partial charge < -0.3 is 15.6 Å². The average Bonchev–Trinajstić information content (AvgIpc) is 3.25. The minimum Gasteiger partial charge on any atom is -0.405 e. The summed E-state index contributed by atoms with van der Waals surface area (Å²) in [5, 5.41) is 10.5. The number of nitrogens with two attached hydrogens (primary N) is 1. The molecule has 0 atom stereocenters. The van der Waals surface area contributed by atoms with E-state index in [4.69, 9.17) is 22.5 Å². The molecule has 0 bridgehead atoms. The number of benzene rings is 1. The molecule has 0 spiro atoms. The number of thiocarbonyl (C=S) groups is 1. The van der Waals surface area contributed by atoms with E-state index >= 15 is 0 Å². The van der Waals surface area contributed by atoms with Crippen molar-refractivity contribution < 1.29 is 13.7 Å². The van der Waals surface area contributed by atoms with Crippen molar-refractivity contribution in [1.82, 2.24) is 14.9 Å². The summed E-state index contributed by atoms with van der Waals surface area (Å²) in [7, 11) is 0. The van der Waals surface area contributed by atoms with Crippen LogP contribution in [0.5, 0.6) is 0 Å². The third kappa shape index (κ3) is 4.19. The summed E-state index contributed by atoms with van der Waals surface area (Å²) < 4.78 is 19.8. The molecule has 2 heterocycles. The first-order chi connectivity index (χ1) is 12.5. The number of rotatable bonds is 6.